The fraction of sp³-hybridized carbons (Fsp3) is 0.333. The van der Waals surface area contributed by atoms with Crippen molar-refractivity contribution in [1.82, 2.24) is 0 Å². The summed E-state index contributed by atoms with van der Waals surface area (Å²) < 4.78 is 36.9. The zero-order chi connectivity index (χ0) is 12.3. The third kappa shape index (κ3) is 2.93. The molecule has 0 amide bonds. The van der Waals surface area contributed by atoms with Crippen molar-refractivity contribution in [3.05, 3.63) is 39.7 Å². The lowest BCUT2D eigenvalue weighted by Gasteiger charge is -2.11. The van der Waals surface area contributed by atoms with Gasteiger partial charge in [-0.1, -0.05) is 0 Å². The van der Waals surface area contributed by atoms with Crippen molar-refractivity contribution < 1.29 is 18.1 Å². The van der Waals surface area contributed by atoms with Crippen molar-refractivity contribution in [3.8, 4) is 0 Å². The lowest BCUT2D eigenvalue weighted by molar-refractivity contribution is -0.385. The number of benzene rings is 1. The zero-order valence-corrected chi connectivity index (χ0v) is 8.07. The van der Waals surface area contributed by atoms with Crippen molar-refractivity contribution in [2.24, 2.45) is 5.73 Å². The third-order valence-electron chi connectivity index (χ3n) is 2.02. The number of rotatable bonds is 4. The lowest BCUT2D eigenvalue weighted by atomic mass is 10.0. The second-order valence-electron chi connectivity index (χ2n) is 3.19. The highest BCUT2D eigenvalue weighted by molar-refractivity contribution is 5.42. The number of nitro groups is 1. The molecule has 0 bridgehead atoms. The van der Waals surface area contributed by atoms with E-state index in [0.717, 1.165) is 12.1 Å². The van der Waals surface area contributed by atoms with E-state index in [0.29, 0.717) is 6.07 Å². The molecule has 0 aromatic heterocycles. The van der Waals surface area contributed by atoms with Gasteiger partial charge in [0.25, 0.3) is 5.69 Å². The summed E-state index contributed by atoms with van der Waals surface area (Å²) in [7, 11) is 0. The maximum absolute atomic E-state index is 12.7. The summed E-state index contributed by atoms with van der Waals surface area (Å²) in [5, 5.41) is 10.6. The number of halogens is 3. The van der Waals surface area contributed by atoms with Crippen LogP contribution in [0.1, 0.15) is 18.0 Å². The molecule has 0 saturated heterocycles. The van der Waals surface area contributed by atoms with E-state index in [1.54, 1.807) is 0 Å². The minimum absolute atomic E-state index is 0.0910. The second-order valence-corrected chi connectivity index (χ2v) is 3.19. The van der Waals surface area contributed by atoms with E-state index in [-0.39, 0.29) is 5.56 Å². The quantitative estimate of drug-likeness (QED) is 0.642. The van der Waals surface area contributed by atoms with Crippen LogP contribution in [0.4, 0.5) is 18.9 Å². The van der Waals surface area contributed by atoms with Crippen molar-refractivity contribution in [1.29, 1.82) is 0 Å². The van der Waals surface area contributed by atoms with Crippen LogP contribution in [0.3, 0.4) is 0 Å². The molecule has 2 N–H and O–H groups in total. The Morgan fingerprint density at radius 1 is 1.44 bits per heavy atom. The SMILES string of the molecule is N[C@@H](CC(F)F)c1ccc(F)cc1[N+](=O)[O-]. The highest BCUT2D eigenvalue weighted by Crippen LogP contribution is 2.27. The molecule has 16 heavy (non-hydrogen) atoms. The Morgan fingerprint density at radius 3 is 2.56 bits per heavy atom. The number of nitro benzene ring substituents is 1. The van der Waals surface area contributed by atoms with Crippen LogP contribution in [0, 0.1) is 15.9 Å². The molecule has 4 nitrogen and oxygen atoms in total. The average Bonchev–Trinajstić information content (AvgIpc) is 2.16. The van der Waals surface area contributed by atoms with Crippen molar-refractivity contribution in [2.45, 2.75) is 18.9 Å². The van der Waals surface area contributed by atoms with E-state index in [4.69, 9.17) is 5.73 Å². The van der Waals surface area contributed by atoms with Gasteiger partial charge in [-0.05, 0) is 12.1 Å². The molecule has 1 rings (SSSR count). The van der Waals surface area contributed by atoms with Crippen molar-refractivity contribution in [3.63, 3.8) is 0 Å². The highest BCUT2D eigenvalue weighted by Gasteiger charge is 2.22. The molecule has 0 unspecified atom stereocenters. The number of hydrogen-bond donors (Lipinski definition) is 1. The number of nitrogens with zero attached hydrogens (tertiary/aromatic N) is 1. The van der Waals surface area contributed by atoms with Gasteiger partial charge >= 0.3 is 0 Å². The smallest absolute Gasteiger partial charge is 0.277 e. The molecule has 0 spiro atoms. The van der Waals surface area contributed by atoms with E-state index in [2.05, 4.69) is 0 Å². The first-order valence-corrected chi connectivity index (χ1v) is 4.39. The van der Waals surface area contributed by atoms with Crippen LogP contribution in [-0.2, 0) is 0 Å². The minimum Gasteiger partial charge on any atom is -0.324 e. The summed E-state index contributed by atoms with van der Waals surface area (Å²) in [4.78, 5) is 9.72. The van der Waals surface area contributed by atoms with Crippen molar-refractivity contribution >= 4 is 5.69 Å². The number of alkyl halides is 2. The second kappa shape index (κ2) is 4.93. The van der Waals surface area contributed by atoms with E-state index in [1.165, 1.54) is 0 Å². The van der Waals surface area contributed by atoms with Gasteiger partial charge in [0.1, 0.15) is 5.82 Å². The molecule has 7 heteroatoms. The molecule has 0 aliphatic heterocycles. The van der Waals surface area contributed by atoms with E-state index < -0.39 is 35.3 Å². The maximum Gasteiger partial charge on any atom is 0.277 e. The van der Waals surface area contributed by atoms with Crippen LogP contribution in [0.15, 0.2) is 18.2 Å². The van der Waals surface area contributed by atoms with Gasteiger partial charge < -0.3 is 5.73 Å². The van der Waals surface area contributed by atoms with Crippen LogP contribution in [-0.4, -0.2) is 11.3 Å². The summed E-state index contributed by atoms with van der Waals surface area (Å²) >= 11 is 0. The van der Waals surface area contributed by atoms with Gasteiger partial charge in [0.2, 0.25) is 6.43 Å². The first-order chi connectivity index (χ1) is 7.41. The average molecular weight is 234 g/mol. The molecule has 1 atom stereocenters. The van der Waals surface area contributed by atoms with Crippen LogP contribution in [0.2, 0.25) is 0 Å². The van der Waals surface area contributed by atoms with Gasteiger partial charge in [-0.15, -0.1) is 0 Å². The Labute approximate surface area is 89.0 Å². The van der Waals surface area contributed by atoms with Gasteiger partial charge in [-0.25, -0.2) is 13.2 Å². The predicted octanol–water partition coefficient (Wildman–Crippen LogP) is 2.39. The summed E-state index contributed by atoms with van der Waals surface area (Å²) in [6.45, 7) is 0. The topological polar surface area (TPSA) is 69.2 Å². The van der Waals surface area contributed by atoms with Crippen LogP contribution < -0.4 is 5.73 Å². The Bertz CT molecular complexity index is 398. The Hall–Kier alpha value is -1.63. The fourth-order valence-corrected chi connectivity index (χ4v) is 1.31. The first kappa shape index (κ1) is 12.4. The van der Waals surface area contributed by atoms with Gasteiger partial charge in [0, 0.05) is 18.0 Å². The third-order valence-corrected chi connectivity index (χ3v) is 2.02. The van der Waals surface area contributed by atoms with Crippen molar-refractivity contribution in [2.75, 3.05) is 0 Å². The molecular formula is C9H9F3N2O2. The molecule has 88 valence electrons. The summed E-state index contributed by atoms with van der Waals surface area (Å²) in [6, 6.07) is 1.50. The van der Waals surface area contributed by atoms with Gasteiger partial charge in [-0.2, -0.15) is 0 Å². The Kier molecular flexibility index (Phi) is 3.83. The van der Waals surface area contributed by atoms with E-state index in [9.17, 15) is 23.3 Å². The van der Waals surface area contributed by atoms with E-state index >= 15 is 0 Å². The monoisotopic (exact) mass is 234 g/mol. The Balaban J connectivity index is 3.07. The van der Waals surface area contributed by atoms with Crippen LogP contribution >= 0.6 is 0 Å². The normalized spacial score (nSPS) is 12.8. The lowest BCUT2D eigenvalue weighted by Crippen LogP contribution is -2.15. The predicted molar refractivity (Wildman–Crippen MR) is 50.6 cm³/mol. The summed E-state index contributed by atoms with van der Waals surface area (Å²) in [5.74, 6) is -0.806. The summed E-state index contributed by atoms with van der Waals surface area (Å²) in [6.07, 6.45) is -3.37. The fourth-order valence-electron chi connectivity index (χ4n) is 1.31. The molecule has 0 aliphatic rings. The van der Waals surface area contributed by atoms with Gasteiger partial charge in [0.15, 0.2) is 0 Å². The molecule has 1 aromatic rings. The molecular weight excluding hydrogens is 225 g/mol. The molecule has 0 fully saturated rings. The molecule has 0 heterocycles. The van der Waals surface area contributed by atoms with Gasteiger partial charge in [0.05, 0.1) is 11.0 Å². The van der Waals surface area contributed by atoms with Gasteiger partial charge in [-0.3, -0.25) is 10.1 Å². The zero-order valence-electron chi connectivity index (χ0n) is 8.07. The largest absolute Gasteiger partial charge is 0.324 e. The first-order valence-electron chi connectivity index (χ1n) is 4.39. The molecule has 1 aromatic carbocycles. The summed E-state index contributed by atoms with van der Waals surface area (Å²) in [5.41, 5.74) is 4.71. The van der Waals surface area contributed by atoms with Crippen LogP contribution in [0.25, 0.3) is 0 Å². The Morgan fingerprint density at radius 2 is 2.06 bits per heavy atom. The minimum atomic E-state index is -2.67. The molecule has 0 saturated carbocycles. The molecule has 0 radical (unpaired) electrons. The number of nitrogens with two attached hydrogens (primary N) is 1. The van der Waals surface area contributed by atoms with Crippen LogP contribution in [0.5, 0.6) is 0 Å². The highest BCUT2D eigenvalue weighted by atomic mass is 19.3. The molecule has 0 aliphatic carbocycles. The number of hydrogen-bond acceptors (Lipinski definition) is 3. The maximum atomic E-state index is 12.7. The van der Waals surface area contributed by atoms with E-state index in [1.807, 2.05) is 0 Å². The standard InChI is InChI=1S/C9H9F3N2O2/c10-5-1-2-6(7(13)4-9(11)12)8(3-5)14(15)16/h1-3,7,9H,4,13H2/t7-/m0/s1.